The number of anilines is 1. The van der Waals surface area contributed by atoms with Gasteiger partial charge in [-0.1, -0.05) is 20.8 Å². The van der Waals surface area contributed by atoms with Crippen molar-refractivity contribution in [2.24, 2.45) is 0 Å². The van der Waals surface area contributed by atoms with Crippen molar-refractivity contribution >= 4 is 11.9 Å². The molecule has 0 saturated carbocycles. The van der Waals surface area contributed by atoms with E-state index in [-0.39, 0.29) is 17.3 Å². The predicted molar refractivity (Wildman–Crippen MR) is 79.3 cm³/mol. The molecule has 0 radical (unpaired) electrons. The number of nitrogens with one attached hydrogen (secondary N) is 3. The van der Waals surface area contributed by atoms with Crippen LogP contribution in [0.4, 0.5) is 5.95 Å². The van der Waals surface area contributed by atoms with E-state index >= 15 is 0 Å². The third-order valence-corrected chi connectivity index (χ3v) is 3.12. The summed E-state index contributed by atoms with van der Waals surface area (Å²) in [6, 6.07) is 3.47. The minimum Gasteiger partial charge on any atom is -0.472 e. The van der Waals surface area contributed by atoms with Crippen molar-refractivity contribution in [3.8, 4) is 11.4 Å². The van der Waals surface area contributed by atoms with E-state index in [1.54, 1.807) is 12.1 Å². The van der Waals surface area contributed by atoms with Crippen LogP contribution in [-0.4, -0.2) is 31.3 Å². The predicted octanol–water partition coefficient (Wildman–Crippen LogP) is 2.34. The van der Waals surface area contributed by atoms with Crippen molar-refractivity contribution in [2.45, 2.75) is 26.2 Å². The standard InChI is InChI=1S/C14H16N6O2/c1-14(2,3)10-6-9(17-18-10)12(21)16-13-15-11(19-20-13)8-4-5-22-7-8/h4-7H,1-3H3,(H,17,18)(H2,15,16,19,20,21). The van der Waals surface area contributed by atoms with Gasteiger partial charge in [0.1, 0.15) is 6.26 Å². The molecule has 0 spiro atoms. The first-order valence-electron chi connectivity index (χ1n) is 6.76. The first-order valence-corrected chi connectivity index (χ1v) is 6.76. The molecule has 0 aliphatic heterocycles. The maximum Gasteiger partial charge on any atom is 0.278 e. The van der Waals surface area contributed by atoms with E-state index in [0.29, 0.717) is 11.5 Å². The Hall–Kier alpha value is -2.90. The van der Waals surface area contributed by atoms with Crippen molar-refractivity contribution in [3.63, 3.8) is 0 Å². The molecule has 0 bridgehead atoms. The Labute approximate surface area is 126 Å². The summed E-state index contributed by atoms with van der Waals surface area (Å²) in [5, 5.41) is 16.2. The molecule has 3 rings (SSSR count). The average molecular weight is 300 g/mol. The van der Waals surface area contributed by atoms with Crippen molar-refractivity contribution in [1.29, 1.82) is 0 Å². The summed E-state index contributed by atoms with van der Waals surface area (Å²) in [6.45, 7) is 6.11. The van der Waals surface area contributed by atoms with Gasteiger partial charge in [-0.3, -0.25) is 20.3 Å². The second-order valence-corrected chi connectivity index (χ2v) is 5.89. The Balaban J connectivity index is 1.73. The van der Waals surface area contributed by atoms with E-state index in [1.165, 1.54) is 12.5 Å². The Morgan fingerprint density at radius 3 is 2.73 bits per heavy atom. The molecular formula is C14H16N6O2. The van der Waals surface area contributed by atoms with Crippen molar-refractivity contribution in [3.05, 3.63) is 36.0 Å². The number of hydrogen-bond donors (Lipinski definition) is 3. The number of amides is 1. The molecule has 0 saturated heterocycles. The largest absolute Gasteiger partial charge is 0.472 e. The smallest absolute Gasteiger partial charge is 0.278 e. The Morgan fingerprint density at radius 2 is 2.09 bits per heavy atom. The third kappa shape index (κ3) is 2.76. The number of carbonyl (C=O) groups excluding carboxylic acids is 1. The summed E-state index contributed by atoms with van der Waals surface area (Å²) in [7, 11) is 0. The highest BCUT2D eigenvalue weighted by molar-refractivity contribution is 6.01. The molecule has 22 heavy (non-hydrogen) atoms. The minimum atomic E-state index is -0.371. The quantitative estimate of drug-likeness (QED) is 0.687. The maximum atomic E-state index is 12.1. The van der Waals surface area contributed by atoms with Crippen LogP contribution in [0.15, 0.2) is 29.1 Å². The number of aromatic nitrogens is 5. The zero-order valence-electron chi connectivity index (χ0n) is 12.5. The normalized spacial score (nSPS) is 11.6. The van der Waals surface area contributed by atoms with E-state index in [2.05, 4.69) is 30.7 Å². The molecule has 3 aromatic heterocycles. The van der Waals surface area contributed by atoms with Crippen molar-refractivity contribution in [1.82, 2.24) is 25.4 Å². The number of nitrogens with zero attached hydrogens (tertiary/aromatic N) is 3. The van der Waals surface area contributed by atoms with Gasteiger partial charge in [-0.15, -0.1) is 5.10 Å². The van der Waals surface area contributed by atoms with Crippen molar-refractivity contribution in [2.75, 3.05) is 5.32 Å². The molecule has 8 nitrogen and oxygen atoms in total. The topological polar surface area (TPSA) is 112 Å². The maximum absolute atomic E-state index is 12.1. The molecule has 8 heteroatoms. The highest BCUT2D eigenvalue weighted by Gasteiger charge is 2.20. The molecule has 0 aliphatic rings. The third-order valence-electron chi connectivity index (χ3n) is 3.12. The minimum absolute atomic E-state index is 0.107. The summed E-state index contributed by atoms with van der Waals surface area (Å²) >= 11 is 0. The summed E-state index contributed by atoms with van der Waals surface area (Å²) < 4.78 is 4.97. The summed E-state index contributed by atoms with van der Waals surface area (Å²) in [5.41, 5.74) is 1.82. The molecule has 0 fully saturated rings. The van der Waals surface area contributed by atoms with Gasteiger partial charge in [-0.25, -0.2) is 0 Å². The Morgan fingerprint density at radius 1 is 1.27 bits per heavy atom. The highest BCUT2D eigenvalue weighted by atomic mass is 16.3. The van der Waals surface area contributed by atoms with Crippen LogP contribution in [0.2, 0.25) is 0 Å². The first-order chi connectivity index (χ1) is 10.4. The lowest BCUT2D eigenvalue weighted by Crippen LogP contribution is -2.14. The molecule has 1 amide bonds. The SMILES string of the molecule is CC(C)(C)c1cc(C(=O)Nc2n[nH]c(-c3ccoc3)n2)n[nH]1. The lowest BCUT2D eigenvalue weighted by atomic mass is 9.92. The van der Waals surface area contributed by atoms with Crippen LogP contribution in [0, 0.1) is 0 Å². The first kappa shape index (κ1) is 14.1. The van der Waals surface area contributed by atoms with E-state index in [0.717, 1.165) is 11.3 Å². The van der Waals surface area contributed by atoms with Crippen LogP contribution in [0.5, 0.6) is 0 Å². The number of rotatable bonds is 3. The van der Waals surface area contributed by atoms with Crippen LogP contribution >= 0.6 is 0 Å². The number of hydrogen-bond acceptors (Lipinski definition) is 5. The van der Waals surface area contributed by atoms with Crippen molar-refractivity contribution < 1.29 is 9.21 Å². The molecule has 3 aromatic rings. The number of furan rings is 1. The molecule has 0 aliphatic carbocycles. The molecule has 3 N–H and O–H groups in total. The second kappa shape index (κ2) is 5.14. The monoisotopic (exact) mass is 300 g/mol. The molecule has 0 aromatic carbocycles. The van der Waals surface area contributed by atoms with Crippen LogP contribution < -0.4 is 5.32 Å². The summed E-state index contributed by atoms with van der Waals surface area (Å²) in [6.07, 6.45) is 3.07. The highest BCUT2D eigenvalue weighted by Crippen LogP contribution is 2.21. The van der Waals surface area contributed by atoms with Crippen LogP contribution in [-0.2, 0) is 5.41 Å². The lowest BCUT2D eigenvalue weighted by molar-refractivity contribution is 0.102. The molecule has 114 valence electrons. The number of carbonyl (C=O) groups is 1. The number of H-pyrrole nitrogens is 2. The van der Waals surface area contributed by atoms with E-state index in [9.17, 15) is 4.79 Å². The Kier molecular flexibility index (Phi) is 3.28. The Bertz CT molecular complexity index is 778. The van der Waals surface area contributed by atoms with Gasteiger partial charge in [0.15, 0.2) is 11.5 Å². The van der Waals surface area contributed by atoms with Gasteiger partial charge < -0.3 is 4.42 Å². The van der Waals surface area contributed by atoms with Gasteiger partial charge in [-0.05, 0) is 12.1 Å². The van der Waals surface area contributed by atoms with Gasteiger partial charge in [-0.2, -0.15) is 10.1 Å². The van der Waals surface area contributed by atoms with E-state index in [4.69, 9.17) is 4.42 Å². The number of aromatic amines is 2. The van der Waals surface area contributed by atoms with E-state index in [1.807, 2.05) is 20.8 Å². The molecule has 3 heterocycles. The fourth-order valence-corrected chi connectivity index (χ4v) is 1.83. The summed E-state index contributed by atoms with van der Waals surface area (Å²) in [5.74, 6) is 0.326. The molecular weight excluding hydrogens is 284 g/mol. The van der Waals surface area contributed by atoms with Crippen LogP contribution in [0.25, 0.3) is 11.4 Å². The zero-order valence-corrected chi connectivity index (χ0v) is 12.5. The second-order valence-electron chi connectivity index (χ2n) is 5.89. The van der Waals surface area contributed by atoms with E-state index < -0.39 is 0 Å². The lowest BCUT2D eigenvalue weighted by Gasteiger charge is -2.14. The average Bonchev–Trinajstić information content (AvgIpc) is 3.19. The molecule has 0 unspecified atom stereocenters. The van der Waals surface area contributed by atoms with Crippen LogP contribution in [0.3, 0.4) is 0 Å². The fourth-order valence-electron chi connectivity index (χ4n) is 1.83. The van der Waals surface area contributed by atoms with Crippen LogP contribution in [0.1, 0.15) is 37.0 Å². The van der Waals surface area contributed by atoms with Gasteiger partial charge in [0, 0.05) is 11.1 Å². The van der Waals surface area contributed by atoms with Gasteiger partial charge in [0.2, 0.25) is 5.95 Å². The van der Waals surface area contributed by atoms with Gasteiger partial charge in [0.25, 0.3) is 5.91 Å². The summed E-state index contributed by atoms with van der Waals surface area (Å²) in [4.78, 5) is 16.3. The van der Waals surface area contributed by atoms with Gasteiger partial charge in [0.05, 0.1) is 11.8 Å². The zero-order chi connectivity index (χ0) is 15.7. The molecule has 0 atom stereocenters. The van der Waals surface area contributed by atoms with Gasteiger partial charge >= 0.3 is 0 Å². The fraction of sp³-hybridized carbons (Fsp3) is 0.286.